The van der Waals surface area contributed by atoms with Crippen molar-refractivity contribution in [2.24, 2.45) is 5.73 Å². The van der Waals surface area contributed by atoms with Gasteiger partial charge in [0.1, 0.15) is 17.1 Å². The molecule has 8 heteroatoms. The van der Waals surface area contributed by atoms with Crippen LogP contribution < -0.4 is 10.5 Å². The zero-order valence-electron chi connectivity index (χ0n) is 11.9. The number of hydrogen-bond donors (Lipinski definition) is 1. The lowest BCUT2D eigenvalue weighted by atomic mass is 10.3. The minimum Gasteiger partial charge on any atom is -0.406 e. The second-order valence-corrected chi connectivity index (χ2v) is 4.79. The fourth-order valence-electron chi connectivity index (χ4n) is 2.35. The third kappa shape index (κ3) is 3.26. The molecule has 1 aromatic carbocycles. The number of rotatable bonds is 4. The van der Waals surface area contributed by atoms with Crippen molar-refractivity contribution < 1.29 is 17.9 Å². The molecule has 0 saturated carbocycles. The second-order valence-electron chi connectivity index (χ2n) is 4.79. The number of nitrogens with zero attached hydrogens (tertiary/aromatic N) is 3. The quantitative estimate of drug-likeness (QED) is 0.802. The molecule has 2 aromatic heterocycles. The van der Waals surface area contributed by atoms with E-state index in [9.17, 15) is 13.2 Å². The Labute approximate surface area is 129 Å². The van der Waals surface area contributed by atoms with Crippen LogP contribution in [0.15, 0.2) is 42.6 Å². The molecule has 120 valence electrons. The van der Waals surface area contributed by atoms with Crippen molar-refractivity contribution in [3.63, 3.8) is 0 Å². The number of ether oxygens (including phenoxy) is 1. The maximum absolute atomic E-state index is 12.4. The summed E-state index contributed by atoms with van der Waals surface area (Å²) >= 11 is 0. The molecule has 0 saturated heterocycles. The van der Waals surface area contributed by atoms with Gasteiger partial charge in [0.25, 0.3) is 0 Å². The predicted octanol–water partition coefficient (Wildman–Crippen LogP) is 2.82. The number of alkyl halides is 3. The number of fused-ring (bicyclic) bond motifs is 1. The van der Waals surface area contributed by atoms with Gasteiger partial charge in [-0.1, -0.05) is 6.07 Å². The normalized spacial score (nSPS) is 11.8. The van der Waals surface area contributed by atoms with Gasteiger partial charge in [0, 0.05) is 18.7 Å². The minimum atomic E-state index is -4.74. The Hall–Kier alpha value is -2.61. The standard InChI is InChI=1S/C15H13F3N4O/c16-15(17,18)23-11-4-1-3-10(9-11)22-13(6-7-19)21-12-5-2-8-20-14(12)22/h1-5,8-9H,6-7,19H2. The van der Waals surface area contributed by atoms with Crippen LogP contribution in [-0.2, 0) is 6.42 Å². The van der Waals surface area contributed by atoms with Crippen LogP contribution in [-0.4, -0.2) is 27.4 Å². The Bertz CT molecular complexity index is 829. The van der Waals surface area contributed by atoms with Crippen molar-refractivity contribution in [2.75, 3.05) is 6.54 Å². The number of benzene rings is 1. The molecule has 2 N–H and O–H groups in total. The first-order chi connectivity index (χ1) is 11.0. The van der Waals surface area contributed by atoms with Crippen molar-refractivity contribution in [3.05, 3.63) is 48.4 Å². The van der Waals surface area contributed by atoms with E-state index < -0.39 is 6.36 Å². The number of halogens is 3. The summed E-state index contributed by atoms with van der Waals surface area (Å²) in [7, 11) is 0. The van der Waals surface area contributed by atoms with Gasteiger partial charge in [0.15, 0.2) is 5.65 Å². The van der Waals surface area contributed by atoms with E-state index in [2.05, 4.69) is 14.7 Å². The van der Waals surface area contributed by atoms with Gasteiger partial charge in [0.05, 0.1) is 5.69 Å². The smallest absolute Gasteiger partial charge is 0.406 e. The van der Waals surface area contributed by atoms with E-state index in [1.54, 1.807) is 29.0 Å². The Balaban J connectivity index is 2.12. The van der Waals surface area contributed by atoms with Crippen molar-refractivity contribution in [2.45, 2.75) is 12.8 Å². The first-order valence-electron chi connectivity index (χ1n) is 6.86. The molecular weight excluding hydrogens is 309 g/mol. The Kier molecular flexibility index (Phi) is 3.91. The first-order valence-corrected chi connectivity index (χ1v) is 6.86. The highest BCUT2D eigenvalue weighted by Gasteiger charge is 2.31. The van der Waals surface area contributed by atoms with E-state index >= 15 is 0 Å². The fourth-order valence-corrected chi connectivity index (χ4v) is 2.35. The zero-order chi connectivity index (χ0) is 16.4. The third-order valence-electron chi connectivity index (χ3n) is 3.16. The topological polar surface area (TPSA) is 66.0 Å². The largest absolute Gasteiger partial charge is 0.573 e. The summed E-state index contributed by atoms with van der Waals surface area (Å²) in [4.78, 5) is 8.70. The molecular formula is C15H13F3N4O. The van der Waals surface area contributed by atoms with Gasteiger partial charge < -0.3 is 10.5 Å². The third-order valence-corrected chi connectivity index (χ3v) is 3.16. The number of pyridine rings is 1. The van der Waals surface area contributed by atoms with Crippen LogP contribution in [0.1, 0.15) is 5.82 Å². The molecule has 3 rings (SSSR count). The van der Waals surface area contributed by atoms with E-state index in [0.717, 1.165) is 0 Å². The van der Waals surface area contributed by atoms with Gasteiger partial charge in [-0.3, -0.25) is 4.57 Å². The highest BCUT2D eigenvalue weighted by Crippen LogP contribution is 2.27. The molecule has 0 radical (unpaired) electrons. The van der Waals surface area contributed by atoms with Gasteiger partial charge in [-0.15, -0.1) is 13.2 Å². The molecule has 0 unspecified atom stereocenters. The molecule has 3 aromatic rings. The van der Waals surface area contributed by atoms with Crippen LogP contribution in [0.25, 0.3) is 16.9 Å². The lowest BCUT2D eigenvalue weighted by Gasteiger charge is -2.12. The molecule has 0 spiro atoms. The summed E-state index contributed by atoms with van der Waals surface area (Å²) in [5.74, 6) is 0.330. The number of aromatic nitrogens is 3. The van der Waals surface area contributed by atoms with Gasteiger partial charge in [-0.2, -0.15) is 0 Å². The number of nitrogens with two attached hydrogens (primary N) is 1. The molecule has 0 bridgehead atoms. The SMILES string of the molecule is NCCc1nc2cccnc2n1-c1cccc(OC(F)(F)F)c1. The first kappa shape index (κ1) is 15.3. The number of hydrogen-bond acceptors (Lipinski definition) is 4. The van der Waals surface area contributed by atoms with Gasteiger partial charge in [-0.05, 0) is 30.8 Å². The molecule has 0 fully saturated rings. The van der Waals surface area contributed by atoms with E-state index in [1.165, 1.54) is 18.2 Å². The summed E-state index contributed by atoms with van der Waals surface area (Å²) in [5.41, 5.74) is 7.28. The van der Waals surface area contributed by atoms with Gasteiger partial charge in [0.2, 0.25) is 0 Å². The van der Waals surface area contributed by atoms with Gasteiger partial charge >= 0.3 is 6.36 Å². The Morgan fingerprint density at radius 2 is 2.00 bits per heavy atom. The van der Waals surface area contributed by atoms with Crippen molar-refractivity contribution >= 4 is 11.2 Å². The molecule has 0 aliphatic rings. The average molecular weight is 322 g/mol. The van der Waals surface area contributed by atoms with Crippen LogP contribution in [0, 0.1) is 0 Å². The zero-order valence-corrected chi connectivity index (χ0v) is 11.9. The van der Waals surface area contributed by atoms with Crippen molar-refractivity contribution in [1.82, 2.24) is 14.5 Å². The summed E-state index contributed by atoms with van der Waals surface area (Å²) in [6.45, 7) is 0.363. The molecule has 23 heavy (non-hydrogen) atoms. The van der Waals surface area contributed by atoms with Crippen molar-refractivity contribution in [3.8, 4) is 11.4 Å². The van der Waals surface area contributed by atoms with Gasteiger partial charge in [-0.25, -0.2) is 9.97 Å². The average Bonchev–Trinajstić information content (AvgIpc) is 2.84. The summed E-state index contributed by atoms with van der Waals surface area (Å²) in [6, 6.07) is 9.22. The van der Waals surface area contributed by atoms with Crippen LogP contribution in [0.4, 0.5) is 13.2 Å². The van der Waals surface area contributed by atoms with Crippen LogP contribution in [0.2, 0.25) is 0 Å². The molecule has 2 heterocycles. The Morgan fingerprint density at radius 1 is 1.17 bits per heavy atom. The van der Waals surface area contributed by atoms with Crippen LogP contribution >= 0.6 is 0 Å². The van der Waals surface area contributed by atoms with E-state index in [-0.39, 0.29) is 5.75 Å². The predicted molar refractivity (Wildman–Crippen MR) is 78.3 cm³/mol. The lowest BCUT2D eigenvalue weighted by Crippen LogP contribution is -2.17. The molecule has 0 aliphatic carbocycles. The molecule has 5 nitrogen and oxygen atoms in total. The maximum atomic E-state index is 12.4. The molecule has 0 aliphatic heterocycles. The summed E-state index contributed by atoms with van der Waals surface area (Å²) in [6.07, 6.45) is -2.67. The summed E-state index contributed by atoms with van der Waals surface area (Å²) < 4.78 is 42.9. The monoisotopic (exact) mass is 322 g/mol. The van der Waals surface area contributed by atoms with E-state index in [0.29, 0.717) is 35.6 Å². The maximum Gasteiger partial charge on any atom is 0.573 e. The Morgan fingerprint density at radius 3 is 2.74 bits per heavy atom. The lowest BCUT2D eigenvalue weighted by molar-refractivity contribution is -0.274. The highest BCUT2D eigenvalue weighted by molar-refractivity contribution is 5.74. The molecule has 0 amide bonds. The summed E-state index contributed by atoms with van der Waals surface area (Å²) in [5, 5.41) is 0. The van der Waals surface area contributed by atoms with Crippen LogP contribution in [0.3, 0.4) is 0 Å². The van der Waals surface area contributed by atoms with E-state index in [4.69, 9.17) is 5.73 Å². The number of imidazole rings is 1. The van der Waals surface area contributed by atoms with Crippen molar-refractivity contribution in [1.29, 1.82) is 0 Å². The highest BCUT2D eigenvalue weighted by atomic mass is 19.4. The fraction of sp³-hybridized carbons (Fsp3) is 0.200. The molecule has 0 atom stereocenters. The van der Waals surface area contributed by atoms with Crippen LogP contribution in [0.5, 0.6) is 5.75 Å². The minimum absolute atomic E-state index is 0.300. The second kappa shape index (κ2) is 5.88. The van der Waals surface area contributed by atoms with E-state index in [1.807, 2.05) is 0 Å².